The van der Waals surface area contributed by atoms with Crippen molar-refractivity contribution in [3.8, 4) is 0 Å². The zero-order valence-electron chi connectivity index (χ0n) is 14.5. The van der Waals surface area contributed by atoms with Crippen LogP contribution in [-0.4, -0.2) is 66.8 Å². The number of ether oxygens (including phenoxy) is 2. The Morgan fingerprint density at radius 3 is 2.68 bits per heavy atom. The lowest BCUT2D eigenvalue weighted by Gasteiger charge is -2.39. The summed E-state index contributed by atoms with van der Waals surface area (Å²) >= 11 is 0. The van der Waals surface area contributed by atoms with Gasteiger partial charge in [-0.05, 0) is 44.0 Å². The highest BCUT2D eigenvalue weighted by molar-refractivity contribution is 5.94. The molecule has 0 saturated carbocycles. The molecule has 0 aromatic heterocycles. The summed E-state index contributed by atoms with van der Waals surface area (Å²) in [5, 5.41) is 0. The van der Waals surface area contributed by atoms with Crippen LogP contribution >= 0.6 is 0 Å². The molecule has 0 spiro atoms. The monoisotopic (exact) mass is 347 g/mol. The molecule has 0 bridgehead atoms. The molecule has 2 fully saturated rings. The molecule has 3 rings (SSSR count). The van der Waals surface area contributed by atoms with Crippen molar-refractivity contribution in [1.29, 1.82) is 0 Å². The molecule has 2 aliphatic rings. The number of hydrogen-bond donors (Lipinski definition) is 1. The predicted octanol–water partition coefficient (Wildman–Crippen LogP) is 1.73. The van der Waals surface area contributed by atoms with Gasteiger partial charge in [0.15, 0.2) is 0 Å². The number of nitrogens with two attached hydrogens (primary N) is 1. The summed E-state index contributed by atoms with van der Waals surface area (Å²) in [6.45, 7) is 4.40. The maximum atomic E-state index is 12.6. The van der Waals surface area contributed by atoms with Gasteiger partial charge in [0, 0.05) is 43.5 Å². The Morgan fingerprint density at radius 2 is 2.04 bits per heavy atom. The Balaban J connectivity index is 1.52. The second-order valence-corrected chi connectivity index (χ2v) is 6.63. The van der Waals surface area contributed by atoms with E-state index in [1.807, 2.05) is 6.92 Å². The lowest BCUT2D eigenvalue weighted by molar-refractivity contribution is 0.0160. The fraction of sp³-hybridized carbons (Fsp3) is 0.556. The minimum atomic E-state index is -0.332. The van der Waals surface area contributed by atoms with E-state index in [0.29, 0.717) is 37.5 Å². The number of hydrogen-bond acceptors (Lipinski definition) is 5. The van der Waals surface area contributed by atoms with E-state index in [1.54, 1.807) is 34.1 Å². The standard InChI is InChI=1S/C18H25N3O4/c1-13-11-20(18(23)25-12-16-3-2-10-24-16)8-9-21(13)17(22)14-4-6-15(19)7-5-14/h4-7,13,16H,2-3,8-12,19H2,1H3. The zero-order chi connectivity index (χ0) is 17.8. The quantitative estimate of drug-likeness (QED) is 0.842. The van der Waals surface area contributed by atoms with Gasteiger partial charge in [0.05, 0.1) is 6.10 Å². The number of rotatable bonds is 3. The Bertz CT molecular complexity index is 613. The Labute approximate surface area is 147 Å². The van der Waals surface area contributed by atoms with Crippen LogP contribution in [0.3, 0.4) is 0 Å². The molecule has 0 aliphatic carbocycles. The third-order valence-electron chi connectivity index (χ3n) is 4.72. The summed E-state index contributed by atoms with van der Waals surface area (Å²) in [6, 6.07) is 6.82. The van der Waals surface area contributed by atoms with E-state index in [0.717, 1.165) is 19.4 Å². The Hall–Kier alpha value is -2.28. The van der Waals surface area contributed by atoms with E-state index in [1.165, 1.54) is 0 Å². The van der Waals surface area contributed by atoms with Crippen LogP contribution in [0.1, 0.15) is 30.1 Å². The number of piperazine rings is 1. The smallest absolute Gasteiger partial charge is 0.409 e. The molecule has 2 saturated heterocycles. The predicted molar refractivity (Wildman–Crippen MR) is 93.2 cm³/mol. The van der Waals surface area contributed by atoms with Crippen LogP contribution in [0.2, 0.25) is 0 Å². The van der Waals surface area contributed by atoms with Crippen molar-refractivity contribution in [3.63, 3.8) is 0 Å². The van der Waals surface area contributed by atoms with Crippen molar-refractivity contribution in [2.75, 3.05) is 38.6 Å². The van der Waals surface area contributed by atoms with Crippen LogP contribution in [0, 0.1) is 0 Å². The molecule has 2 amide bonds. The molecule has 1 aromatic carbocycles. The fourth-order valence-electron chi connectivity index (χ4n) is 3.25. The van der Waals surface area contributed by atoms with Crippen LogP contribution in [0.25, 0.3) is 0 Å². The maximum absolute atomic E-state index is 12.6. The molecular weight excluding hydrogens is 322 g/mol. The second kappa shape index (κ2) is 7.74. The average molecular weight is 347 g/mol. The van der Waals surface area contributed by atoms with Crippen LogP contribution in [0.15, 0.2) is 24.3 Å². The molecule has 7 heteroatoms. The number of nitrogens with zero attached hydrogens (tertiary/aromatic N) is 2. The summed E-state index contributed by atoms with van der Waals surface area (Å²) in [6.07, 6.45) is 1.65. The van der Waals surface area contributed by atoms with Gasteiger partial charge in [0.2, 0.25) is 0 Å². The molecule has 136 valence electrons. The van der Waals surface area contributed by atoms with Crippen LogP contribution in [0.5, 0.6) is 0 Å². The molecule has 0 radical (unpaired) electrons. The topological polar surface area (TPSA) is 85.1 Å². The van der Waals surface area contributed by atoms with E-state index in [4.69, 9.17) is 15.2 Å². The molecule has 7 nitrogen and oxygen atoms in total. The first-order chi connectivity index (χ1) is 12.0. The number of amides is 2. The van der Waals surface area contributed by atoms with Gasteiger partial charge in [0.25, 0.3) is 5.91 Å². The largest absolute Gasteiger partial charge is 0.447 e. The van der Waals surface area contributed by atoms with Gasteiger partial charge < -0.3 is 25.0 Å². The number of nitrogen functional groups attached to an aromatic ring is 1. The molecule has 2 heterocycles. The van der Waals surface area contributed by atoms with E-state index in [2.05, 4.69) is 0 Å². The van der Waals surface area contributed by atoms with E-state index >= 15 is 0 Å². The van der Waals surface area contributed by atoms with Gasteiger partial charge in [-0.3, -0.25) is 4.79 Å². The van der Waals surface area contributed by atoms with Crippen molar-refractivity contribution in [2.24, 2.45) is 0 Å². The van der Waals surface area contributed by atoms with Crippen molar-refractivity contribution in [3.05, 3.63) is 29.8 Å². The maximum Gasteiger partial charge on any atom is 0.409 e. The molecule has 25 heavy (non-hydrogen) atoms. The van der Waals surface area contributed by atoms with Gasteiger partial charge in [0.1, 0.15) is 6.61 Å². The number of carbonyl (C=O) groups is 2. The third-order valence-corrected chi connectivity index (χ3v) is 4.72. The molecular formula is C18H25N3O4. The lowest BCUT2D eigenvalue weighted by Crippen LogP contribution is -2.55. The molecule has 1 aromatic rings. The highest BCUT2D eigenvalue weighted by atomic mass is 16.6. The number of carbonyl (C=O) groups excluding carboxylic acids is 2. The van der Waals surface area contributed by atoms with E-state index in [-0.39, 0.29) is 24.1 Å². The SMILES string of the molecule is CC1CN(C(=O)OCC2CCCO2)CCN1C(=O)c1ccc(N)cc1. The normalized spacial score (nSPS) is 23.6. The average Bonchev–Trinajstić information content (AvgIpc) is 3.13. The highest BCUT2D eigenvalue weighted by Crippen LogP contribution is 2.17. The minimum absolute atomic E-state index is 0.0229. The molecule has 2 atom stereocenters. The number of benzene rings is 1. The molecule has 2 unspecified atom stereocenters. The van der Waals surface area contributed by atoms with Crippen molar-refractivity contribution in [1.82, 2.24) is 9.80 Å². The third kappa shape index (κ3) is 4.22. The summed E-state index contributed by atoms with van der Waals surface area (Å²) < 4.78 is 10.8. The second-order valence-electron chi connectivity index (χ2n) is 6.63. The first kappa shape index (κ1) is 17.5. The molecule has 2 N–H and O–H groups in total. The van der Waals surface area contributed by atoms with Crippen molar-refractivity contribution in [2.45, 2.75) is 31.9 Å². The van der Waals surface area contributed by atoms with E-state index in [9.17, 15) is 9.59 Å². The summed E-state index contributed by atoms with van der Waals surface area (Å²) in [4.78, 5) is 28.3. The first-order valence-electron chi connectivity index (χ1n) is 8.74. The fourth-order valence-corrected chi connectivity index (χ4v) is 3.25. The summed E-state index contributed by atoms with van der Waals surface area (Å²) in [5.74, 6) is -0.0418. The first-order valence-corrected chi connectivity index (χ1v) is 8.74. The molecule has 2 aliphatic heterocycles. The van der Waals surface area contributed by atoms with Gasteiger partial charge in [-0.25, -0.2) is 4.79 Å². The minimum Gasteiger partial charge on any atom is -0.447 e. The highest BCUT2D eigenvalue weighted by Gasteiger charge is 2.31. The summed E-state index contributed by atoms with van der Waals surface area (Å²) in [5.41, 5.74) is 6.90. The van der Waals surface area contributed by atoms with Crippen LogP contribution in [0.4, 0.5) is 10.5 Å². The van der Waals surface area contributed by atoms with Crippen LogP contribution < -0.4 is 5.73 Å². The van der Waals surface area contributed by atoms with Gasteiger partial charge in [-0.1, -0.05) is 0 Å². The zero-order valence-corrected chi connectivity index (χ0v) is 14.5. The summed E-state index contributed by atoms with van der Waals surface area (Å²) in [7, 11) is 0. The number of anilines is 1. The van der Waals surface area contributed by atoms with Crippen LogP contribution in [-0.2, 0) is 9.47 Å². The van der Waals surface area contributed by atoms with E-state index < -0.39 is 0 Å². The lowest BCUT2D eigenvalue weighted by atomic mass is 10.1. The van der Waals surface area contributed by atoms with Gasteiger partial charge in [-0.2, -0.15) is 0 Å². The Morgan fingerprint density at radius 1 is 1.28 bits per heavy atom. The van der Waals surface area contributed by atoms with Gasteiger partial charge in [-0.15, -0.1) is 0 Å². The van der Waals surface area contributed by atoms with Crippen molar-refractivity contribution >= 4 is 17.7 Å². The Kier molecular flexibility index (Phi) is 5.43. The van der Waals surface area contributed by atoms with Crippen molar-refractivity contribution < 1.29 is 19.1 Å². The van der Waals surface area contributed by atoms with Gasteiger partial charge >= 0.3 is 6.09 Å².